The smallest absolute Gasteiger partial charge is 0.344 e. The molecule has 0 aromatic heterocycles. The van der Waals surface area contributed by atoms with Crippen molar-refractivity contribution in [1.82, 2.24) is 0 Å². The number of ether oxygens (including phenoxy) is 4. The van der Waals surface area contributed by atoms with Gasteiger partial charge in [-0.05, 0) is 143 Å². The number of carbonyl (C=O) groups is 4. The Kier molecular flexibility index (Phi) is 11.4. The lowest BCUT2D eigenvalue weighted by Crippen LogP contribution is -2.62. The van der Waals surface area contributed by atoms with E-state index in [-0.39, 0.29) is 24.4 Å². The summed E-state index contributed by atoms with van der Waals surface area (Å²) in [6, 6.07) is 0. The highest BCUT2D eigenvalue weighted by Gasteiger charge is 2.63. The van der Waals surface area contributed by atoms with Crippen LogP contribution < -0.4 is 0 Å². The van der Waals surface area contributed by atoms with E-state index in [1.54, 1.807) is 6.92 Å². The van der Waals surface area contributed by atoms with Gasteiger partial charge in [0, 0.05) is 11.6 Å². The zero-order valence-electron chi connectivity index (χ0n) is 30.9. The predicted molar refractivity (Wildman–Crippen MR) is 187 cm³/mol. The van der Waals surface area contributed by atoms with Crippen LogP contribution in [0.1, 0.15) is 137 Å². The average molecular weight is 683 g/mol. The Hall–Kier alpha value is -2.64. The normalized spacial score (nSPS) is 39.0. The Morgan fingerprint density at radius 2 is 1.06 bits per heavy atom. The molecular formula is C41H62O8. The lowest BCUT2D eigenvalue weighted by molar-refractivity contribution is -0.228. The molecule has 0 radical (unpaired) electrons. The quantitative estimate of drug-likeness (QED) is 0.102. The molecule has 0 aromatic rings. The van der Waals surface area contributed by atoms with Crippen molar-refractivity contribution < 1.29 is 38.1 Å². The van der Waals surface area contributed by atoms with Crippen LogP contribution in [0, 0.1) is 46.3 Å². The zero-order valence-corrected chi connectivity index (χ0v) is 30.9. The molecule has 8 heteroatoms. The van der Waals surface area contributed by atoms with E-state index in [1.807, 2.05) is 0 Å². The van der Waals surface area contributed by atoms with Gasteiger partial charge in [0.25, 0.3) is 0 Å². The van der Waals surface area contributed by atoms with Gasteiger partial charge in [-0.2, -0.15) is 0 Å². The fourth-order valence-corrected chi connectivity index (χ4v) is 12.0. The minimum absolute atomic E-state index is 0.302. The molecule has 8 saturated carbocycles. The number of hydrogen-bond donors (Lipinski definition) is 0. The molecule has 0 aromatic carbocycles. The summed E-state index contributed by atoms with van der Waals surface area (Å²) < 4.78 is 22.2. The van der Waals surface area contributed by atoms with Crippen LogP contribution in [-0.2, 0) is 38.1 Å². The monoisotopic (exact) mass is 682 g/mol. The van der Waals surface area contributed by atoms with Crippen LogP contribution in [0.2, 0.25) is 0 Å². The Balaban J connectivity index is 0.000000191. The summed E-state index contributed by atoms with van der Waals surface area (Å²) in [4.78, 5) is 47.6. The van der Waals surface area contributed by atoms with Crippen LogP contribution in [-0.4, -0.2) is 48.3 Å². The van der Waals surface area contributed by atoms with Gasteiger partial charge in [0.1, 0.15) is 11.2 Å². The van der Waals surface area contributed by atoms with Crippen LogP contribution >= 0.6 is 0 Å². The van der Waals surface area contributed by atoms with Crippen molar-refractivity contribution in [2.45, 2.75) is 149 Å². The third kappa shape index (κ3) is 7.98. The van der Waals surface area contributed by atoms with Gasteiger partial charge in [0.05, 0.1) is 0 Å². The molecule has 0 amide bonds. The van der Waals surface area contributed by atoms with E-state index in [4.69, 9.17) is 18.9 Å². The molecule has 4 atom stereocenters. The molecule has 8 nitrogen and oxygen atoms in total. The van der Waals surface area contributed by atoms with E-state index in [1.165, 1.54) is 64.2 Å². The van der Waals surface area contributed by atoms with Crippen molar-refractivity contribution in [3.63, 3.8) is 0 Å². The van der Waals surface area contributed by atoms with E-state index in [0.717, 1.165) is 56.4 Å². The maximum Gasteiger partial charge on any atom is 0.344 e. The van der Waals surface area contributed by atoms with Crippen LogP contribution in [0.25, 0.3) is 0 Å². The molecular weight excluding hydrogens is 620 g/mol. The van der Waals surface area contributed by atoms with Gasteiger partial charge in [-0.25, -0.2) is 19.2 Å². The molecule has 0 spiro atoms. The Bertz CT molecular complexity index is 1250. The van der Waals surface area contributed by atoms with Gasteiger partial charge in [-0.15, -0.1) is 0 Å². The topological polar surface area (TPSA) is 105 Å². The molecule has 0 saturated heterocycles. The molecule has 0 aliphatic heterocycles. The van der Waals surface area contributed by atoms with Crippen molar-refractivity contribution in [3.8, 4) is 0 Å². The minimum atomic E-state index is -0.577. The zero-order chi connectivity index (χ0) is 35.6. The second kappa shape index (κ2) is 14.9. The number of carbonyl (C=O) groups excluding carboxylic acids is 4. The number of esters is 4. The second-order valence-corrected chi connectivity index (χ2v) is 17.5. The molecule has 8 rings (SSSR count). The van der Waals surface area contributed by atoms with Gasteiger partial charge in [-0.3, -0.25) is 0 Å². The third-order valence-electron chi connectivity index (χ3n) is 13.4. The summed E-state index contributed by atoms with van der Waals surface area (Å²) in [6.45, 7) is 17.0. The highest BCUT2D eigenvalue weighted by Crippen LogP contribution is 2.67. The number of hydrogen-bond acceptors (Lipinski definition) is 8. The summed E-state index contributed by atoms with van der Waals surface area (Å²) >= 11 is 0. The average Bonchev–Trinajstić information content (AvgIpc) is 3.03. The van der Waals surface area contributed by atoms with E-state index in [0.29, 0.717) is 40.1 Å². The van der Waals surface area contributed by atoms with Crippen molar-refractivity contribution in [2.75, 3.05) is 13.2 Å². The van der Waals surface area contributed by atoms with Gasteiger partial charge < -0.3 is 18.9 Å². The Labute approximate surface area is 294 Å². The molecule has 0 N–H and O–H groups in total. The summed E-state index contributed by atoms with van der Waals surface area (Å²) in [6.07, 6.45) is 19.4. The lowest BCUT2D eigenvalue weighted by Gasteiger charge is -2.64. The molecule has 8 fully saturated rings. The molecule has 274 valence electrons. The van der Waals surface area contributed by atoms with E-state index >= 15 is 0 Å². The number of rotatable bonds is 14. The first-order valence-corrected chi connectivity index (χ1v) is 19.2. The highest BCUT2D eigenvalue weighted by molar-refractivity contribution is 5.88. The van der Waals surface area contributed by atoms with E-state index in [9.17, 15) is 19.2 Å². The first-order valence-electron chi connectivity index (χ1n) is 19.2. The van der Waals surface area contributed by atoms with Gasteiger partial charge >= 0.3 is 23.9 Å². The van der Waals surface area contributed by atoms with Crippen molar-refractivity contribution in [3.05, 3.63) is 24.8 Å². The standard InChI is InChI=1S/C21H32O4.C20H30O4/c1-5-6-7-21(25-18(22)13-24-19(23)14(2)3)16-8-15-9-17(21)12-20(4,10-15)11-16;1-4-6-7-20(24-18(22)13-23-17(21)5-2)15-8-14-9-16(20)12-19(3,10-14)11-15/h15-17H,2,5-13H2,1,3-4H3;5,14-16H,2,4,6-13H2,1,3H3. The van der Waals surface area contributed by atoms with Crippen LogP contribution in [0.15, 0.2) is 24.8 Å². The van der Waals surface area contributed by atoms with E-state index < -0.39 is 23.9 Å². The van der Waals surface area contributed by atoms with Crippen LogP contribution in [0.5, 0.6) is 0 Å². The van der Waals surface area contributed by atoms with Crippen molar-refractivity contribution >= 4 is 23.9 Å². The fraction of sp³-hybridized carbons (Fsp3) is 0.805. The predicted octanol–water partition coefficient (Wildman–Crippen LogP) is 8.46. The summed E-state index contributed by atoms with van der Waals surface area (Å²) in [5.41, 5.74) is 0.512. The Morgan fingerprint density at radius 1 is 0.673 bits per heavy atom. The van der Waals surface area contributed by atoms with Gasteiger partial charge in [0.15, 0.2) is 13.2 Å². The molecule has 4 unspecified atom stereocenters. The number of unbranched alkanes of at least 4 members (excludes halogenated alkanes) is 2. The second-order valence-electron chi connectivity index (χ2n) is 17.5. The molecule has 49 heavy (non-hydrogen) atoms. The lowest BCUT2D eigenvalue weighted by atomic mass is 9.44. The maximum absolute atomic E-state index is 12.5. The highest BCUT2D eigenvalue weighted by atomic mass is 16.6. The SMILES string of the molecule is C=C(C)C(=O)OCC(=O)OC1(CCCC)C2CC3CC1CC(C)(C3)C2.C=CC(=O)OCC(=O)OC1(CCCC)C2CC3CC1CC(C)(C3)C2. The molecule has 8 aliphatic rings. The minimum Gasteiger partial charge on any atom is -0.456 e. The van der Waals surface area contributed by atoms with Crippen LogP contribution in [0.3, 0.4) is 0 Å². The molecule has 8 aliphatic carbocycles. The van der Waals surface area contributed by atoms with Crippen LogP contribution in [0.4, 0.5) is 0 Å². The largest absolute Gasteiger partial charge is 0.456 e. The first kappa shape index (κ1) is 37.6. The summed E-state index contributed by atoms with van der Waals surface area (Å²) in [5, 5.41) is 0. The third-order valence-corrected chi connectivity index (χ3v) is 13.4. The van der Waals surface area contributed by atoms with E-state index in [2.05, 4.69) is 40.9 Å². The Morgan fingerprint density at radius 3 is 1.39 bits per heavy atom. The van der Waals surface area contributed by atoms with Gasteiger partial charge in [0.2, 0.25) is 0 Å². The first-order chi connectivity index (χ1) is 23.2. The van der Waals surface area contributed by atoms with Crippen molar-refractivity contribution in [1.29, 1.82) is 0 Å². The fourth-order valence-electron chi connectivity index (χ4n) is 12.0. The summed E-state index contributed by atoms with van der Waals surface area (Å²) in [5.74, 6) is 1.58. The molecule has 0 heterocycles. The summed E-state index contributed by atoms with van der Waals surface area (Å²) in [7, 11) is 0. The maximum atomic E-state index is 12.5. The van der Waals surface area contributed by atoms with Crippen molar-refractivity contribution in [2.24, 2.45) is 46.3 Å². The molecule has 8 bridgehead atoms. The van der Waals surface area contributed by atoms with Gasteiger partial charge in [-0.1, -0.05) is 53.7 Å².